The standard InChI is InChI=1S/C19H20N2O4S/c1-19(18(20)23)10-17(13-4-3-5-14(9-13)26(2,24)25)21-16-7-6-12(11-22)8-15(16)19/h3-9,11,17,21H,10H2,1-2H3,(H2,20,23). The quantitative estimate of drug-likeness (QED) is 0.800. The van der Waals surface area contributed by atoms with Gasteiger partial charge in [0.15, 0.2) is 9.84 Å². The van der Waals surface area contributed by atoms with Gasteiger partial charge in [-0.1, -0.05) is 12.1 Å². The molecule has 1 amide bonds. The molecule has 2 aromatic rings. The highest BCUT2D eigenvalue weighted by Gasteiger charge is 2.42. The molecule has 0 spiro atoms. The smallest absolute Gasteiger partial charge is 0.227 e. The summed E-state index contributed by atoms with van der Waals surface area (Å²) in [5.41, 5.74) is 7.32. The summed E-state index contributed by atoms with van der Waals surface area (Å²) in [6, 6.07) is 11.4. The van der Waals surface area contributed by atoms with Crippen LogP contribution in [0.3, 0.4) is 0 Å². The average Bonchev–Trinajstić information content (AvgIpc) is 2.60. The number of primary amides is 1. The molecule has 1 heterocycles. The Balaban J connectivity index is 2.10. The number of hydrogen-bond donors (Lipinski definition) is 2. The van der Waals surface area contributed by atoms with E-state index in [4.69, 9.17) is 5.73 Å². The molecule has 1 aliphatic rings. The molecule has 3 rings (SSSR count). The monoisotopic (exact) mass is 372 g/mol. The molecule has 0 bridgehead atoms. The fraction of sp³-hybridized carbons (Fsp3) is 0.263. The van der Waals surface area contributed by atoms with E-state index in [2.05, 4.69) is 5.32 Å². The maximum Gasteiger partial charge on any atom is 0.227 e. The van der Waals surface area contributed by atoms with Gasteiger partial charge >= 0.3 is 0 Å². The van der Waals surface area contributed by atoms with Crippen LogP contribution in [0.25, 0.3) is 0 Å². The summed E-state index contributed by atoms with van der Waals surface area (Å²) in [5, 5.41) is 3.33. The van der Waals surface area contributed by atoms with Gasteiger partial charge in [0, 0.05) is 17.5 Å². The Morgan fingerprint density at radius 1 is 1.27 bits per heavy atom. The molecule has 2 atom stereocenters. The Kier molecular flexibility index (Phi) is 4.36. The van der Waals surface area contributed by atoms with E-state index >= 15 is 0 Å². The van der Waals surface area contributed by atoms with Gasteiger partial charge in [-0.25, -0.2) is 8.42 Å². The van der Waals surface area contributed by atoms with Crippen LogP contribution in [0.5, 0.6) is 0 Å². The Bertz CT molecular complexity index is 1000. The summed E-state index contributed by atoms with van der Waals surface area (Å²) >= 11 is 0. The number of fused-ring (bicyclic) bond motifs is 1. The molecule has 0 saturated carbocycles. The van der Waals surface area contributed by atoms with Crippen molar-refractivity contribution in [3.63, 3.8) is 0 Å². The fourth-order valence-electron chi connectivity index (χ4n) is 3.37. The van der Waals surface area contributed by atoms with E-state index in [9.17, 15) is 18.0 Å². The van der Waals surface area contributed by atoms with E-state index in [-0.39, 0.29) is 10.9 Å². The van der Waals surface area contributed by atoms with E-state index in [1.165, 1.54) is 0 Å². The van der Waals surface area contributed by atoms with Crippen molar-refractivity contribution in [2.75, 3.05) is 11.6 Å². The van der Waals surface area contributed by atoms with Crippen LogP contribution in [0.4, 0.5) is 5.69 Å². The maximum absolute atomic E-state index is 12.3. The van der Waals surface area contributed by atoms with Gasteiger partial charge in [-0.15, -0.1) is 0 Å². The molecule has 0 saturated heterocycles. The topological polar surface area (TPSA) is 106 Å². The summed E-state index contributed by atoms with van der Waals surface area (Å²) in [6.45, 7) is 1.75. The van der Waals surface area contributed by atoms with E-state index < -0.39 is 21.2 Å². The second-order valence-electron chi connectivity index (χ2n) is 6.86. The molecule has 26 heavy (non-hydrogen) atoms. The summed E-state index contributed by atoms with van der Waals surface area (Å²) in [7, 11) is -3.34. The molecule has 0 radical (unpaired) electrons. The van der Waals surface area contributed by atoms with Crippen LogP contribution in [-0.2, 0) is 20.0 Å². The number of carbonyl (C=O) groups excluding carboxylic acids is 2. The van der Waals surface area contributed by atoms with Crippen LogP contribution < -0.4 is 11.1 Å². The number of carbonyl (C=O) groups is 2. The molecule has 136 valence electrons. The molecule has 3 N–H and O–H groups in total. The minimum absolute atomic E-state index is 0.222. The Morgan fingerprint density at radius 2 is 2.00 bits per heavy atom. The number of nitrogens with one attached hydrogen (secondary N) is 1. The number of benzene rings is 2. The second-order valence-corrected chi connectivity index (χ2v) is 8.88. The first-order chi connectivity index (χ1) is 12.1. The molecule has 0 aromatic heterocycles. The number of nitrogens with two attached hydrogens (primary N) is 1. The number of sulfone groups is 1. The lowest BCUT2D eigenvalue weighted by Gasteiger charge is -2.39. The Labute approximate surface area is 152 Å². The summed E-state index contributed by atoms with van der Waals surface area (Å²) in [4.78, 5) is 23.6. The van der Waals surface area contributed by atoms with Crippen molar-refractivity contribution < 1.29 is 18.0 Å². The number of hydrogen-bond acceptors (Lipinski definition) is 5. The Morgan fingerprint density at radius 3 is 2.62 bits per heavy atom. The third-order valence-electron chi connectivity index (χ3n) is 4.95. The zero-order valence-electron chi connectivity index (χ0n) is 14.5. The van der Waals surface area contributed by atoms with Gasteiger partial charge < -0.3 is 11.1 Å². The number of amides is 1. The summed E-state index contributed by atoms with van der Waals surface area (Å²) < 4.78 is 23.7. The molecule has 0 fully saturated rings. The first kappa shape index (κ1) is 18.1. The second kappa shape index (κ2) is 6.25. The Hall–Kier alpha value is -2.67. The van der Waals surface area contributed by atoms with Crippen molar-refractivity contribution in [1.29, 1.82) is 0 Å². The van der Waals surface area contributed by atoms with Crippen LogP contribution in [0.2, 0.25) is 0 Å². The van der Waals surface area contributed by atoms with Crippen molar-refractivity contribution in [3.05, 3.63) is 59.2 Å². The molecule has 2 unspecified atom stereocenters. The van der Waals surface area contributed by atoms with Gasteiger partial charge in [0.25, 0.3) is 0 Å². The van der Waals surface area contributed by atoms with Crippen LogP contribution in [0, 0.1) is 0 Å². The van der Waals surface area contributed by atoms with E-state index in [1.807, 2.05) is 6.07 Å². The van der Waals surface area contributed by atoms with Crippen molar-refractivity contribution in [3.8, 4) is 0 Å². The largest absolute Gasteiger partial charge is 0.378 e. The third-order valence-corrected chi connectivity index (χ3v) is 6.06. The lowest BCUT2D eigenvalue weighted by Crippen LogP contribution is -2.44. The lowest BCUT2D eigenvalue weighted by molar-refractivity contribution is -0.123. The van der Waals surface area contributed by atoms with Gasteiger partial charge in [0.2, 0.25) is 5.91 Å². The zero-order valence-corrected chi connectivity index (χ0v) is 15.3. The molecular weight excluding hydrogens is 352 g/mol. The predicted octanol–water partition coefficient (Wildman–Crippen LogP) is 2.20. The van der Waals surface area contributed by atoms with Gasteiger partial charge in [0.05, 0.1) is 16.4 Å². The molecule has 2 aromatic carbocycles. The van der Waals surface area contributed by atoms with Gasteiger partial charge in [0.1, 0.15) is 6.29 Å². The summed E-state index contributed by atoms with van der Waals surface area (Å²) in [6.07, 6.45) is 2.23. The lowest BCUT2D eigenvalue weighted by atomic mass is 9.71. The highest BCUT2D eigenvalue weighted by atomic mass is 32.2. The van der Waals surface area contributed by atoms with Crippen LogP contribution in [0.1, 0.15) is 40.9 Å². The third kappa shape index (κ3) is 3.10. The molecule has 7 heteroatoms. The van der Waals surface area contributed by atoms with Crippen molar-refractivity contribution >= 4 is 27.7 Å². The maximum atomic E-state index is 12.3. The highest BCUT2D eigenvalue weighted by Crippen LogP contribution is 2.44. The fourth-order valence-corrected chi connectivity index (χ4v) is 4.05. The SMILES string of the molecule is CC1(C(N)=O)CC(c2cccc(S(C)(=O)=O)c2)Nc2ccc(C=O)cc21. The van der Waals surface area contributed by atoms with Crippen molar-refractivity contribution in [1.82, 2.24) is 0 Å². The first-order valence-corrected chi connectivity index (χ1v) is 10.0. The van der Waals surface area contributed by atoms with E-state index in [1.54, 1.807) is 43.3 Å². The number of anilines is 1. The molecular formula is C19H20N2O4S. The molecule has 1 aliphatic heterocycles. The van der Waals surface area contributed by atoms with Gasteiger partial charge in [-0.3, -0.25) is 9.59 Å². The molecule has 0 aliphatic carbocycles. The van der Waals surface area contributed by atoms with Gasteiger partial charge in [-0.05, 0) is 54.8 Å². The zero-order chi connectivity index (χ0) is 19.1. The van der Waals surface area contributed by atoms with Crippen LogP contribution in [-0.4, -0.2) is 26.9 Å². The van der Waals surface area contributed by atoms with Crippen molar-refractivity contribution in [2.24, 2.45) is 5.73 Å². The van der Waals surface area contributed by atoms with E-state index in [0.717, 1.165) is 18.1 Å². The van der Waals surface area contributed by atoms with Gasteiger partial charge in [-0.2, -0.15) is 0 Å². The normalized spacial score (nSPS) is 22.2. The predicted molar refractivity (Wildman–Crippen MR) is 98.9 cm³/mol. The van der Waals surface area contributed by atoms with E-state index in [0.29, 0.717) is 23.2 Å². The minimum atomic E-state index is -3.34. The van der Waals surface area contributed by atoms with Crippen molar-refractivity contribution in [2.45, 2.75) is 29.7 Å². The number of aldehydes is 1. The summed E-state index contributed by atoms with van der Waals surface area (Å²) in [5.74, 6) is -0.493. The highest BCUT2D eigenvalue weighted by molar-refractivity contribution is 7.90. The molecule has 6 nitrogen and oxygen atoms in total. The van der Waals surface area contributed by atoms with Crippen LogP contribution >= 0.6 is 0 Å². The average molecular weight is 372 g/mol. The first-order valence-electron chi connectivity index (χ1n) is 8.11. The van der Waals surface area contributed by atoms with Crippen LogP contribution in [0.15, 0.2) is 47.4 Å². The number of rotatable bonds is 4. The minimum Gasteiger partial charge on any atom is -0.378 e.